The number of aliphatic carboxylic acids is 1. The molecular formula is C16H12BrF2NO3. The van der Waals surface area contributed by atoms with Gasteiger partial charge in [0.05, 0.1) is 0 Å². The molecule has 120 valence electrons. The van der Waals surface area contributed by atoms with Crippen molar-refractivity contribution in [3.8, 4) is 0 Å². The number of rotatable bonds is 5. The molecule has 0 fully saturated rings. The zero-order valence-electron chi connectivity index (χ0n) is 11.7. The van der Waals surface area contributed by atoms with Gasteiger partial charge in [-0.15, -0.1) is 0 Å². The predicted octanol–water partition coefficient (Wildman–Crippen LogP) is 3.15. The predicted molar refractivity (Wildman–Crippen MR) is 83.1 cm³/mol. The van der Waals surface area contributed by atoms with Crippen LogP contribution in [-0.4, -0.2) is 23.0 Å². The third kappa shape index (κ3) is 4.85. The van der Waals surface area contributed by atoms with E-state index in [1.54, 1.807) is 24.3 Å². The smallest absolute Gasteiger partial charge is 0.326 e. The number of carbonyl (C=O) groups excluding carboxylic acids is 1. The van der Waals surface area contributed by atoms with Gasteiger partial charge in [0.15, 0.2) is 0 Å². The first-order chi connectivity index (χ1) is 10.8. The molecule has 0 spiro atoms. The van der Waals surface area contributed by atoms with Gasteiger partial charge in [-0.1, -0.05) is 28.1 Å². The highest BCUT2D eigenvalue weighted by Gasteiger charge is 2.21. The van der Waals surface area contributed by atoms with Crippen LogP contribution in [0.15, 0.2) is 46.9 Å². The Bertz CT molecular complexity index is 714. The largest absolute Gasteiger partial charge is 0.480 e. The highest BCUT2D eigenvalue weighted by Crippen LogP contribution is 2.13. The number of carboxylic acid groups (broad SMARTS) is 1. The maximum atomic E-state index is 13.1. The molecule has 2 N–H and O–H groups in total. The van der Waals surface area contributed by atoms with Crippen molar-refractivity contribution in [3.63, 3.8) is 0 Å². The zero-order chi connectivity index (χ0) is 17.0. The van der Waals surface area contributed by atoms with Crippen LogP contribution in [0.4, 0.5) is 8.78 Å². The summed E-state index contributed by atoms with van der Waals surface area (Å²) in [5.74, 6) is -3.91. The van der Waals surface area contributed by atoms with Gasteiger partial charge in [0.2, 0.25) is 0 Å². The summed E-state index contributed by atoms with van der Waals surface area (Å²) < 4.78 is 27.1. The summed E-state index contributed by atoms with van der Waals surface area (Å²) in [6.45, 7) is 0. The Balaban J connectivity index is 2.14. The van der Waals surface area contributed by atoms with Crippen LogP contribution in [0.1, 0.15) is 15.9 Å². The van der Waals surface area contributed by atoms with Crippen molar-refractivity contribution >= 4 is 27.8 Å². The molecule has 2 aromatic carbocycles. The molecule has 23 heavy (non-hydrogen) atoms. The molecule has 0 aliphatic rings. The molecule has 0 aliphatic carbocycles. The van der Waals surface area contributed by atoms with Crippen LogP contribution in [-0.2, 0) is 11.2 Å². The molecule has 0 aromatic heterocycles. The minimum absolute atomic E-state index is 0.0478. The average Bonchev–Trinajstić information content (AvgIpc) is 2.47. The van der Waals surface area contributed by atoms with Crippen molar-refractivity contribution in [1.29, 1.82) is 0 Å². The molecule has 2 rings (SSSR count). The number of halogens is 3. The fraction of sp³-hybridized carbons (Fsp3) is 0.125. The Hall–Kier alpha value is -2.28. The molecule has 0 radical (unpaired) electrons. The number of hydrogen-bond acceptors (Lipinski definition) is 2. The van der Waals surface area contributed by atoms with E-state index in [1.165, 1.54) is 0 Å². The summed E-state index contributed by atoms with van der Waals surface area (Å²) >= 11 is 3.27. The van der Waals surface area contributed by atoms with Crippen LogP contribution < -0.4 is 5.32 Å². The summed E-state index contributed by atoms with van der Waals surface area (Å²) in [6, 6.07) is 8.04. The van der Waals surface area contributed by atoms with E-state index < -0.39 is 29.6 Å². The molecule has 0 saturated carbocycles. The Morgan fingerprint density at radius 3 is 2.17 bits per heavy atom. The van der Waals surface area contributed by atoms with Gasteiger partial charge < -0.3 is 10.4 Å². The van der Waals surface area contributed by atoms with Gasteiger partial charge in [-0.3, -0.25) is 4.79 Å². The van der Waals surface area contributed by atoms with Gasteiger partial charge in [0.25, 0.3) is 5.91 Å². The molecule has 4 nitrogen and oxygen atoms in total. The van der Waals surface area contributed by atoms with Gasteiger partial charge in [-0.25, -0.2) is 13.6 Å². The van der Waals surface area contributed by atoms with E-state index in [9.17, 15) is 23.5 Å². The maximum absolute atomic E-state index is 13.1. The van der Waals surface area contributed by atoms with Gasteiger partial charge in [-0.2, -0.15) is 0 Å². The lowest BCUT2D eigenvalue weighted by Crippen LogP contribution is -2.42. The Kier molecular flexibility index (Phi) is 5.44. The van der Waals surface area contributed by atoms with Crippen LogP contribution in [0.2, 0.25) is 0 Å². The summed E-state index contributed by atoms with van der Waals surface area (Å²) in [5.41, 5.74) is 0.427. The lowest BCUT2D eigenvalue weighted by molar-refractivity contribution is -0.139. The van der Waals surface area contributed by atoms with Gasteiger partial charge in [0.1, 0.15) is 17.7 Å². The number of nitrogens with one attached hydrogen (secondary N) is 1. The van der Waals surface area contributed by atoms with Crippen LogP contribution in [0.5, 0.6) is 0 Å². The SMILES string of the molecule is O=C(N[C@H](Cc1ccc(Br)cc1)C(=O)O)c1cc(F)cc(F)c1. The van der Waals surface area contributed by atoms with E-state index in [-0.39, 0.29) is 12.0 Å². The fourth-order valence-electron chi connectivity index (χ4n) is 1.98. The van der Waals surface area contributed by atoms with E-state index in [0.717, 1.165) is 16.6 Å². The first-order valence-electron chi connectivity index (χ1n) is 6.59. The topological polar surface area (TPSA) is 66.4 Å². The monoisotopic (exact) mass is 383 g/mol. The van der Waals surface area contributed by atoms with Crippen molar-refractivity contribution < 1.29 is 23.5 Å². The highest BCUT2D eigenvalue weighted by molar-refractivity contribution is 9.10. The second-order valence-corrected chi connectivity index (χ2v) is 5.77. The zero-order valence-corrected chi connectivity index (χ0v) is 13.3. The summed E-state index contributed by atoms with van der Waals surface area (Å²) in [5, 5.41) is 11.5. The summed E-state index contributed by atoms with van der Waals surface area (Å²) in [7, 11) is 0. The van der Waals surface area contributed by atoms with E-state index >= 15 is 0 Å². The number of carbonyl (C=O) groups is 2. The van der Waals surface area contributed by atoms with Gasteiger partial charge in [-0.05, 0) is 29.8 Å². The first-order valence-corrected chi connectivity index (χ1v) is 7.38. The fourth-order valence-corrected chi connectivity index (χ4v) is 2.25. The molecule has 1 atom stereocenters. The third-order valence-corrected chi connectivity index (χ3v) is 3.61. The molecule has 0 bridgehead atoms. The van der Waals surface area contributed by atoms with E-state index in [1.807, 2.05) is 0 Å². The second kappa shape index (κ2) is 7.32. The van der Waals surface area contributed by atoms with E-state index in [2.05, 4.69) is 21.2 Å². The normalized spacial score (nSPS) is 11.8. The van der Waals surface area contributed by atoms with Crippen LogP contribution in [0, 0.1) is 11.6 Å². The lowest BCUT2D eigenvalue weighted by atomic mass is 10.1. The third-order valence-electron chi connectivity index (χ3n) is 3.08. The summed E-state index contributed by atoms with van der Waals surface area (Å²) in [6.07, 6.45) is 0.0478. The summed E-state index contributed by atoms with van der Waals surface area (Å²) in [4.78, 5) is 23.3. The molecule has 2 aromatic rings. The van der Waals surface area contributed by atoms with Crippen LogP contribution >= 0.6 is 15.9 Å². The molecule has 0 heterocycles. The maximum Gasteiger partial charge on any atom is 0.326 e. The van der Waals surface area contributed by atoms with Gasteiger partial charge >= 0.3 is 5.97 Å². The number of benzene rings is 2. The first kappa shape index (κ1) is 17.1. The number of amides is 1. The Labute approximate surface area is 139 Å². The second-order valence-electron chi connectivity index (χ2n) is 4.85. The van der Waals surface area contributed by atoms with E-state index in [4.69, 9.17) is 0 Å². The lowest BCUT2D eigenvalue weighted by Gasteiger charge is -2.15. The van der Waals surface area contributed by atoms with Crippen molar-refractivity contribution in [1.82, 2.24) is 5.32 Å². The Morgan fingerprint density at radius 2 is 1.65 bits per heavy atom. The van der Waals surface area contributed by atoms with Gasteiger partial charge in [0, 0.05) is 22.5 Å². The standard InChI is InChI=1S/C16H12BrF2NO3/c17-11-3-1-9(2-4-11)5-14(16(22)23)20-15(21)10-6-12(18)8-13(19)7-10/h1-4,6-8,14H,5H2,(H,20,21)(H,22,23)/t14-/m1/s1. The van der Waals surface area contributed by atoms with Crippen molar-refractivity contribution in [2.45, 2.75) is 12.5 Å². The van der Waals surface area contributed by atoms with Crippen molar-refractivity contribution in [3.05, 3.63) is 69.7 Å². The minimum atomic E-state index is -1.24. The molecule has 1 amide bonds. The molecule has 0 unspecified atom stereocenters. The molecular weight excluding hydrogens is 372 g/mol. The van der Waals surface area contributed by atoms with Crippen LogP contribution in [0.25, 0.3) is 0 Å². The van der Waals surface area contributed by atoms with Crippen LogP contribution in [0.3, 0.4) is 0 Å². The highest BCUT2D eigenvalue weighted by atomic mass is 79.9. The number of hydrogen-bond donors (Lipinski definition) is 2. The average molecular weight is 384 g/mol. The molecule has 0 saturated heterocycles. The quantitative estimate of drug-likeness (QED) is 0.833. The Morgan fingerprint density at radius 1 is 1.09 bits per heavy atom. The molecule has 0 aliphatic heterocycles. The van der Waals surface area contributed by atoms with E-state index in [0.29, 0.717) is 11.6 Å². The minimum Gasteiger partial charge on any atom is -0.480 e. The van der Waals surface area contributed by atoms with Crippen molar-refractivity contribution in [2.24, 2.45) is 0 Å². The van der Waals surface area contributed by atoms with Crippen molar-refractivity contribution in [2.75, 3.05) is 0 Å². The number of carboxylic acids is 1. The molecule has 7 heteroatoms.